The largest absolute Gasteiger partial charge is 0.354 e. The SMILES string of the molecule is CNC(=O)/C(C#N)=C1\SC(Cc2ccc(Br)cc2)C(=O)N1c1ccc(C(C)C)cc1. The molecule has 0 radical (unpaired) electrons. The van der Waals surface area contributed by atoms with Crippen LogP contribution in [0.1, 0.15) is 30.9 Å². The van der Waals surface area contributed by atoms with Gasteiger partial charge in [-0.25, -0.2) is 0 Å². The van der Waals surface area contributed by atoms with Crippen molar-refractivity contribution in [1.29, 1.82) is 5.26 Å². The summed E-state index contributed by atoms with van der Waals surface area (Å²) in [5.74, 6) is -0.267. The molecule has 1 unspecified atom stereocenters. The molecular formula is C23H22BrN3O2S. The van der Waals surface area contributed by atoms with Crippen LogP contribution in [-0.4, -0.2) is 24.1 Å². The summed E-state index contributed by atoms with van der Waals surface area (Å²) in [6.45, 7) is 4.20. The quantitative estimate of drug-likeness (QED) is 0.492. The minimum atomic E-state index is -0.499. The molecule has 2 amide bonds. The van der Waals surface area contributed by atoms with E-state index in [1.165, 1.54) is 23.7 Å². The first kappa shape index (κ1) is 22.1. The second-order valence-electron chi connectivity index (χ2n) is 7.23. The van der Waals surface area contributed by atoms with E-state index in [1.807, 2.05) is 54.6 Å². The molecule has 30 heavy (non-hydrogen) atoms. The van der Waals surface area contributed by atoms with Crippen LogP contribution in [0.4, 0.5) is 5.69 Å². The molecule has 1 atom stereocenters. The smallest absolute Gasteiger partial charge is 0.264 e. The van der Waals surface area contributed by atoms with Gasteiger partial charge in [-0.3, -0.25) is 14.5 Å². The van der Waals surface area contributed by atoms with Crippen molar-refractivity contribution in [3.8, 4) is 6.07 Å². The van der Waals surface area contributed by atoms with Gasteiger partial charge in [0.05, 0.1) is 5.25 Å². The Balaban J connectivity index is 2.02. The van der Waals surface area contributed by atoms with Gasteiger partial charge in [0.15, 0.2) is 0 Å². The maximum absolute atomic E-state index is 13.4. The minimum absolute atomic E-state index is 0.0536. The molecule has 1 N–H and O–H groups in total. The van der Waals surface area contributed by atoms with Crippen LogP contribution in [0.3, 0.4) is 0 Å². The van der Waals surface area contributed by atoms with Crippen LogP contribution in [0, 0.1) is 11.3 Å². The highest BCUT2D eigenvalue weighted by molar-refractivity contribution is 9.10. The second kappa shape index (κ2) is 9.50. The highest BCUT2D eigenvalue weighted by Crippen LogP contribution is 2.42. The molecule has 1 saturated heterocycles. The molecule has 0 bridgehead atoms. The number of thioether (sulfide) groups is 1. The van der Waals surface area contributed by atoms with Crippen molar-refractivity contribution in [3.05, 3.63) is 74.7 Å². The number of rotatable bonds is 5. The van der Waals surface area contributed by atoms with Crippen molar-refractivity contribution >= 4 is 45.2 Å². The molecule has 7 heteroatoms. The maximum Gasteiger partial charge on any atom is 0.264 e. The predicted molar refractivity (Wildman–Crippen MR) is 124 cm³/mol. The molecule has 3 rings (SSSR count). The average molecular weight is 484 g/mol. The summed E-state index contributed by atoms with van der Waals surface area (Å²) in [6, 6.07) is 17.5. The Morgan fingerprint density at radius 1 is 1.20 bits per heavy atom. The summed E-state index contributed by atoms with van der Waals surface area (Å²) in [5.41, 5.74) is 2.77. The van der Waals surface area contributed by atoms with Crippen LogP contribution >= 0.6 is 27.7 Å². The van der Waals surface area contributed by atoms with E-state index in [2.05, 4.69) is 35.1 Å². The van der Waals surface area contributed by atoms with Crippen LogP contribution in [0.5, 0.6) is 0 Å². The molecular weight excluding hydrogens is 462 g/mol. The van der Waals surface area contributed by atoms with Crippen molar-refractivity contribution in [1.82, 2.24) is 5.32 Å². The zero-order chi connectivity index (χ0) is 21.8. The van der Waals surface area contributed by atoms with Gasteiger partial charge < -0.3 is 5.32 Å². The zero-order valence-corrected chi connectivity index (χ0v) is 19.4. The summed E-state index contributed by atoms with van der Waals surface area (Å²) in [7, 11) is 1.47. The lowest BCUT2D eigenvalue weighted by Crippen LogP contribution is -2.31. The molecule has 0 saturated carbocycles. The van der Waals surface area contributed by atoms with E-state index in [4.69, 9.17) is 0 Å². The summed E-state index contributed by atoms with van der Waals surface area (Å²) in [5, 5.41) is 12.1. The Kier molecular flexibility index (Phi) is 7.01. The standard InChI is InChI=1S/C23H22BrN3O2S/c1-14(2)16-6-10-18(11-7-16)27-22(29)20(12-15-4-8-17(24)9-5-15)30-23(27)19(13-25)21(28)26-3/h4-11,14,20H,12H2,1-3H3,(H,26,28)/b23-19-. The van der Waals surface area contributed by atoms with Crippen molar-refractivity contribution < 1.29 is 9.59 Å². The molecule has 1 aliphatic rings. The number of halogens is 1. The van der Waals surface area contributed by atoms with E-state index in [-0.39, 0.29) is 11.5 Å². The van der Waals surface area contributed by atoms with Crippen LogP contribution in [0.15, 0.2) is 63.6 Å². The zero-order valence-electron chi connectivity index (χ0n) is 17.0. The number of nitrogens with one attached hydrogen (secondary N) is 1. The maximum atomic E-state index is 13.4. The predicted octanol–water partition coefficient (Wildman–Crippen LogP) is 4.74. The van der Waals surface area contributed by atoms with Crippen molar-refractivity contribution in [2.75, 3.05) is 11.9 Å². The molecule has 1 heterocycles. The number of nitriles is 1. The van der Waals surface area contributed by atoms with Gasteiger partial charge in [-0.05, 0) is 47.7 Å². The van der Waals surface area contributed by atoms with Crippen LogP contribution in [0.2, 0.25) is 0 Å². The van der Waals surface area contributed by atoms with E-state index < -0.39 is 11.2 Å². The van der Waals surface area contributed by atoms with E-state index in [0.29, 0.717) is 23.1 Å². The van der Waals surface area contributed by atoms with Gasteiger partial charge in [-0.1, -0.05) is 65.8 Å². The fourth-order valence-electron chi connectivity index (χ4n) is 3.19. The number of carbonyl (C=O) groups is 2. The van der Waals surface area contributed by atoms with Crippen molar-refractivity contribution in [2.24, 2.45) is 0 Å². The number of likely N-dealkylation sites (N-methyl/N-ethyl adjacent to an activating group) is 1. The fraction of sp³-hybridized carbons (Fsp3) is 0.261. The first-order chi connectivity index (χ1) is 14.3. The summed E-state index contributed by atoms with van der Waals surface area (Å²) < 4.78 is 0.968. The molecule has 0 aliphatic carbocycles. The highest BCUT2D eigenvalue weighted by atomic mass is 79.9. The Morgan fingerprint density at radius 3 is 2.37 bits per heavy atom. The van der Waals surface area contributed by atoms with Gasteiger partial charge in [0.1, 0.15) is 16.7 Å². The number of hydrogen-bond acceptors (Lipinski definition) is 4. The topological polar surface area (TPSA) is 73.2 Å². The van der Waals surface area contributed by atoms with Gasteiger partial charge in [-0.2, -0.15) is 5.26 Å². The van der Waals surface area contributed by atoms with E-state index in [9.17, 15) is 14.9 Å². The molecule has 1 fully saturated rings. The van der Waals surface area contributed by atoms with E-state index in [0.717, 1.165) is 15.6 Å². The van der Waals surface area contributed by atoms with Gasteiger partial charge in [0.25, 0.3) is 5.91 Å². The second-order valence-corrected chi connectivity index (χ2v) is 9.34. The Bertz CT molecular complexity index is 1020. The number of hydrogen-bond donors (Lipinski definition) is 1. The number of benzene rings is 2. The molecule has 0 aromatic heterocycles. The van der Waals surface area contributed by atoms with Gasteiger partial charge in [0.2, 0.25) is 5.91 Å². The van der Waals surface area contributed by atoms with Crippen molar-refractivity contribution in [3.63, 3.8) is 0 Å². The summed E-state index contributed by atoms with van der Waals surface area (Å²) in [6.07, 6.45) is 0.507. The first-order valence-corrected chi connectivity index (χ1v) is 11.2. The molecule has 5 nitrogen and oxygen atoms in total. The lowest BCUT2D eigenvalue weighted by atomic mass is 10.0. The lowest BCUT2D eigenvalue weighted by molar-refractivity contribution is -0.117. The van der Waals surface area contributed by atoms with E-state index >= 15 is 0 Å². The third-order valence-corrected chi connectivity index (χ3v) is 6.68. The van der Waals surface area contributed by atoms with Gasteiger partial charge in [-0.15, -0.1) is 0 Å². The lowest BCUT2D eigenvalue weighted by Gasteiger charge is -2.19. The van der Waals surface area contributed by atoms with E-state index in [1.54, 1.807) is 0 Å². The summed E-state index contributed by atoms with van der Waals surface area (Å²) in [4.78, 5) is 27.2. The van der Waals surface area contributed by atoms with Gasteiger partial charge in [0, 0.05) is 17.2 Å². The number of amides is 2. The van der Waals surface area contributed by atoms with Crippen LogP contribution in [-0.2, 0) is 16.0 Å². The third kappa shape index (κ3) is 4.61. The Morgan fingerprint density at radius 2 is 1.83 bits per heavy atom. The normalized spacial score (nSPS) is 17.8. The minimum Gasteiger partial charge on any atom is -0.354 e. The Hall–Kier alpha value is -2.56. The summed E-state index contributed by atoms with van der Waals surface area (Å²) >= 11 is 4.69. The van der Waals surface area contributed by atoms with Crippen molar-refractivity contribution in [2.45, 2.75) is 31.4 Å². The molecule has 154 valence electrons. The van der Waals surface area contributed by atoms with Crippen LogP contribution < -0.4 is 10.2 Å². The number of anilines is 1. The molecule has 2 aromatic rings. The molecule has 1 aliphatic heterocycles. The molecule has 0 spiro atoms. The first-order valence-electron chi connectivity index (χ1n) is 9.57. The molecule has 2 aromatic carbocycles. The number of carbonyl (C=O) groups excluding carboxylic acids is 2. The third-order valence-electron chi connectivity index (χ3n) is 4.88. The average Bonchev–Trinajstić information content (AvgIpc) is 3.05. The van der Waals surface area contributed by atoms with Gasteiger partial charge >= 0.3 is 0 Å². The van der Waals surface area contributed by atoms with Crippen LogP contribution in [0.25, 0.3) is 0 Å². The Labute approximate surface area is 189 Å². The monoisotopic (exact) mass is 483 g/mol. The number of nitrogens with zero attached hydrogens (tertiary/aromatic N) is 2. The fourth-order valence-corrected chi connectivity index (χ4v) is 4.76. The highest BCUT2D eigenvalue weighted by Gasteiger charge is 2.40.